The van der Waals surface area contributed by atoms with Crippen molar-refractivity contribution in [3.05, 3.63) is 46.0 Å². The maximum atomic E-state index is 13.8. The van der Waals surface area contributed by atoms with Gasteiger partial charge in [0.25, 0.3) is 0 Å². The van der Waals surface area contributed by atoms with Crippen molar-refractivity contribution >= 4 is 15.9 Å². The molecule has 0 saturated heterocycles. The van der Waals surface area contributed by atoms with Crippen LogP contribution in [0.5, 0.6) is 0 Å². The molecule has 7 heteroatoms. The van der Waals surface area contributed by atoms with E-state index in [9.17, 15) is 13.9 Å². The molecule has 0 aliphatic heterocycles. The van der Waals surface area contributed by atoms with E-state index in [1.54, 1.807) is 4.68 Å². The van der Waals surface area contributed by atoms with Crippen LogP contribution in [-0.4, -0.2) is 19.9 Å². The van der Waals surface area contributed by atoms with Crippen LogP contribution in [0.2, 0.25) is 0 Å². The highest BCUT2D eigenvalue weighted by Crippen LogP contribution is 2.26. The number of benzene rings is 1. The molecule has 1 unspecified atom stereocenters. The largest absolute Gasteiger partial charge is 0.388 e. The van der Waals surface area contributed by atoms with Crippen LogP contribution in [0.1, 0.15) is 30.8 Å². The molecule has 20 heavy (non-hydrogen) atoms. The summed E-state index contributed by atoms with van der Waals surface area (Å²) in [4.78, 5) is 4.01. The lowest BCUT2D eigenvalue weighted by molar-refractivity contribution is 0.164. The third-order valence-electron chi connectivity index (χ3n) is 2.88. The fourth-order valence-electron chi connectivity index (χ4n) is 1.99. The van der Waals surface area contributed by atoms with Gasteiger partial charge in [-0.3, -0.25) is 4.68 Å². The van der Waals surface area contributed by atoms with Gasteiger partial charge >= 0.3 is 0 Å². The minimum absolute atomic E-state index is 0.00940. The Balaban J connectivity index is 2.24. The number of hydrogen-bond donors (Lipinski definition) is 1. The van der Waals surface area contributed by atoms with Gasteiger partial charge in [0, 0.05) is 17.4 Å². The Kier molecular flexibility index (Phi) is 4.82. The first-order valence-corrected chi connectivity index (χ1v) is 7.01. The van der Waals surface area contributed by atoms with Gasteiger partial charge in [0.1, 0.15) is 23.8 Å². The smallest absolute Gasteiger partial charge is 0.138 e. The van der Waals surface area contributed by atoms with Crippen LogP contribution in [0.4, 0.5) is 8.78 Å². The number of hydrogen-bond acceptors (Lipinski definition) is 3. The zero-order valence-corrected chi connectivity index (χ0v) is 12.4. The highest BCUT2D eigenvalue weighted by Gasteiger charge is 2.21. The standard InChI is InChI=1S/C13H14BrF2N3O/c1-2-3-19-12(17-7-18-19)6-11(20)13-9(15)4-8(14)5-10(13)16/h4-5,7,11,20H,2-3,6H2,1H3. The van der Waals surface area contributed by atoms with Gasteiger partial charge < -0.3 is 5.11 Å². The van der Waals surface area contributed by atoms with Crippen LogP contribution >= 0.6 is 15.9 Å². The molecule has 0 amide bonds. The predicted octanol–water partition coefficient (Wildman–Crippen LogP) is 3.00. The predicted molar refractivity (Wildman–Crippen MR) is 73.0 cm³/mol. The average molecular weight is 346 g/mol. The van der Waals surface area contributed by atoms with Crippen molar-refractivity contribution in [2.75, 3.05) is 0 Å². The summed E-state index contributed by atoms with van der Waals surface area (Å²) in [5.74, 6) is -1.07. The van der Waals surface area contributed by atoms with Gasteiger partial charge in [0.2, 0.25) is 0 Å². The van der Waals surface area contributed by atoms with E-state index in [4.69, 9.17) is 0 Å². The number of halogens is 3. The first-order chi connectivity index (χ1) is 9.52. The van der Waals surface area contributed by atoms with E-state index in [0.29, 0.717) is 12.4 Å². The zero-order valence-electron chi connectivity index (χ0n) is 10.9. The SMILES string of the molecule is CCCn1ncnc1CC(O)c1c(F)cc(Br)cc1F. The monoisotopic (exact) mass is 345 g/mol. The second kappa shape index (κ2) is 6.41. The Morgan fingerprint density at radius 2 is 2.00 bits per heavy atom. The van der Waals surface area contributed by atoms with Gasteiger partial charge in [-0.25, -0.2) is 13.8 Å². The molecule has 1 N–H and O–H groups in total. The number of aliphatic hydroxyl groups is 1. The van der Waals surface area contributed by atoms with Crippen molar-refractivity contribution in [1.82, 2.24) is 14.8 Å². The van der Waals surface area contributed by atoms with Crippen molar-refractivity contribution in [3.8, 4) is 0 Å². The molecule has 0 fully saturated rings. The lowest BCUT2D eigenvalue weighted by Gasteiger charge is -2.13. The minimum Gasteiger partial charge on any atom is -0.388 e. The van der Waals surface area contributed by atoms with E-state index in [1.807, 2.05) is 6.92 Å². The maximum Gasteiger partial charge on any atom is 0.138 e. The van der Waals surface area contributed by atoms with Gasteiger partial charge in [-0.15, -0.1) is 0 Å². The zero-order chi connectivity index (χ0) is 14.7. The van der Waals surface area contributed by atoms with Gasteiger partial charge in [-0.1, -0.05) is 22.9 Å². The van der Waals surface area contributed by atoms with E-state index in [-0.39, 0.29) is 16.5 Å². The molecule has 1 aromatic heterocycles. The Labute approximate surface area is 123 Å². The van der Waals surface area contributed by atoms with Crippen LogP contribution in [-0.2, 0) is 13.0 Å². The summed E-state index contributed by atoms with van der Waals surface area (Å²) >= 11 is 3.00. The first-order valence-electron chi connectivity index (χ1n) is 6.22. The van der Waals surface area contributed by atoms with Crippen molar-refractivity contribution in [1.29, 1.82) is 0 Å². The Morgan fingerprint density at radius 3 is 2.60 bits per heavy atom. The Morgan fingerprint density at radius 1 is 1.35 bits per heavy atom. The molecule has 1 atom stereocenters. The quantitative estimate of drug-likeness (QED) is 0.906. The molecule has 4 nitrogen and oxygen atoms in total. The minimum atomic E-state index is -1.30. The molecular formula is C13H14BrF2N3O. The molecule has 1 aromatic carbocycles. The number of aryl methyl sites for hydroxylation is 1. The molecule has 1 heterocycles. The summed E-state index contributed by atoms with van der Waals surface area (Å²) in [6, 6.07) is 2.25. The van der Waals surface area contributed by atoms with E-state index in [0.717, 1.165) is 18.6 Å². The van der Waals surface area contributed by atoms with Gasteiger partial charge in [0.15, 0.2) is 0 Å². The molecule has 2 rings (SSSR count). The third kappa shape index (κ3) is 3.21. The van der Waals surface area contributed by atoms with Gasteiger partial charge in [-0.2, -0.15) is 5.10 Å². The first kappa shape index (κ1) is 15.1. The molecule has 0 radical (unpaired) electrons. The summed E-state index contributed by atoms with van der Waals surface area (Å²) < 4.78 is 29.4. The molecular weight excluding hydrogens is 332 g/mol. The number of aromatic nitrogens is 3. The summed E-state index contributed by atoms with van der Waals surface area (Å²) in [7, 11) is 0. The van der Waals surface area contributed by atoms with E-state index in [2.05, 4.69) is 26.0 Å². The molecule has 2 aromatic rings. The summed E-state index contributed by atoms with van der Waals surface area (Å²) in [6.07, 6.45) is 0.928. The lowest BCUT2D eigenvalue weighted by atomic mass is 10.0. The Hall–Kier alpha value is -1.34. The van der Waals surface area contributed by atoms with Crippen LogP contribution < -0.4 is 0 Å². The number of aliphatic hydroxyl groups excluding tert-OH is 1. The second-order valence-corrected chi connectivity index (χ2v) is 5.32. The summed E-state index contributed by atoms with van der Waals surface area (Å²) in [6.45, 7) is 2.63. The molecule has 0 aliphatic carbocycles. The number of rotatable bonds is 5. The number of nitrogens with zero attached hydrogens (tertiary/aromatic N) is 3. The normalized spacial score (nSPS) is 12.7. The molecule has 0 bridgehead atoms. The van der Waals surface area contributed by atoms with Crippen molar-refractivity contribution in [3.63, 3.8) is 0 Å². The van der Waals surface area contributed by atoms with Gasteiger partial charge in [-0.05, 0) is 18.6 Å². The van der Waals surface area contributed by atoms with Crippen LogP contribution in [0, 0.1) is 11.6 Å². The van der Waals surface area contributed by atoms with E-state index < -0.39 is 17.7 Å². The van der Waals surface area contributed by atoms with E-state index in [1.165, 1.54) is 6.33 Å². The topological polar surface area (TPSA) is 50.9 Å². The second-order valence-electron chi connectivity index (χ2n) is 4.40. The Bertz CT molecular complexity index is 580. The third-order valence-corrected chi connectivity index (χ3v) is 3.34. The highest BCUT2D eigenvalue weighted by molar-refractivity contribution is 9.10. The van der Waals surface area contributed by atoms with Crippen LogP contribution in [0.25, 0.3) is 0 Å². The fourth-order valence-corrected chi connectivity index (χ4v) is 2.39. The average Bonchev–Trinajstić information content (AvgIpc) is 2.75. The van der Waals surface area contributed by atoms with Crippen LogP contribution in [0.3, 0.4) is 0 Å². The van der Waals surface area contributed by atoms with Gasteiger partial charge in [0.05, 0.1) is 11.7 Å². The van der Waals surface area contributed by atoms with E-state index >= 15 is 0 Å². The summed E-state index contributed by atoms with van der Waals surface area (Å²) in [5, 5.41) is 14.1. The fraction of sp³-hybridized carbons (Fsp3) is 0.385. The highest BCUT2D eigenvalue weighted by atomic mass is 79.9. The molecule has 0 spiro atoms. The van der Waals surface area contributed by atoms with Crippen molar-refractivity contribution in [2.45, 2.75) is 32.4 Å². The summed E-state index contributed by atoms with van der Waals surface area (Å²) in [5.41, 5.74) is -0.348. The van der Waals surface area contributed by atoms with Crippen LogP contribution in [0.15, 0.2) is 22.9 Å². The molecule has 0 aliphatic rings. The maximum absolute atomic E-state index is 13.8. The van der Waals surface area contributed by atoms with Crippen molar-refractivity contribution < 1.29 is 13.9 Å². The molecule has 108 valence electrons. The van der Waals surface area contributed by atoms with Crippen molar-refractivity contribution in [2.24, 2.45) is 0 Å². The molecule has 0 saturated carbocycles. The lowest BCUT2D eigenvalue weighted by Crippen LogP contribution is -2.12.